The topological polar surface area (TPSA) is 147 Å². The summed E-state index contributed by atoms with van der Waals surface area (Å²) in [6.07, 6.45) is -0.702. The second-order valence-corrected chi connectivity index (χ2v) is 13.4. The van der Waals surface area contributed by atoms with E-state index in [1.54, 1.807) is 19.1 Å². The van der Waals surface area contributed by atoms with Gasteiger partial charge in [-0.1, -0.05) is 91.0 Å². The molecule has 1 saturated heterocycles. The SMILES string of the molecule is C[C@@]1(OCc2ccccc2)[C@H](OCc2ccccc2)[C@@H](COCc2ccccc2)OC1(O)c1ccc2c(N)nc(S(C)(=O)=O)nn12. The van der Waals surface area contributed by atoms with Crippen LogP contribution < -0.4 is 5.73 Å². The molecule has 3 N–H and O–H groups in total. The summed E-state index contributed by atoms with van der Waals surface area (Å²) in [6, 6.07) is 32.0. The minimum Gasteiger partial charge on any atom is -0.382 e. The third-order valence-electron chi connectivity index (χ3n) is 8.12. The molecule has 1 aliphatic rings. The maximum Gasteiger partial charge on any atom is 0.267 e. The number of sulfone groups is 1. The Kier molecular flexibility index (Phi) is 8.92. The number of hydrogen-bond acceptors (Lipinski definition) is 10. The van der Waals surface area contributed by atoms with E-state index in [-0.39, 0.29) is 36.8 Å². The summed E-state index contributed by atoms with van der Waals surface area (Å²) >= 11 is 0. The molecule has 6 rings (SSSR count). The van der Waals surface area contributed by atoms with Gasteiger partial charge in [0.2, 0.25) is 15.6 Å². The van der Waals surface area contributed by atoms with Gasteiger partial charge in [0, 0.05) is 6.26 Å². The number of nitrogen functional groups attached to an aromatic ring is 1. The van der Waals surface area contributed by atoms with Crippen LogP contribution in [0.1, 0.15) is 29.3 Å². The fraction of sp³-hybridized carbons (Fsp3) is 0.294. The number of benzene rings is 3. The molecule has 5 aromatic rings. The van der Waals surface area contributed by atoms with Crippen molar-refractivity contribution >= 4 is 21.2 Å². The minimum atomic E-state index is -3.85. The highest BCUT2D eigenvalue weighted by atomic mass is 32.2. The number of hydrogen-bond donors (Lipinski definition) is 2. The summed E-state index contributed by atoms with van der Waals surface area (Å²) in [5, 5.41) is 16.5. The second-order valence-electron chi connectivity index (χ2n) is 11.5. The van der Waals surface area contributed by atoms with Gasteiger partial charge in [-0.25, -0.2) is 12.9 Å². The van der Waals surface area contributed by atoms with Gasteiger partial charge in [-0.05, 0) is 35.7 Å². The van der Waals surface area contributed by atoms with Crippen molar-refractivity contribution in [1.82, 2.24) is 14.6 Å². The molecule has 0 aliphatic carbocycles. The Morgan fingerprint density at radius 2 is 1.43 bits per heavy atom. The first-order valence-electron chi connectivity index (χ1n) is 14.8. The third-order valence-corrected chi connectivity index (χ3v) is 8.96. The minimum absolute atomic E-state index is 0.0516. The van der Waals surface area contributed by atoms with E-state index >= 15 is 0 Å². The Morgan fingerprint density at radius 3 is 2.02 bits per heavy atom. The quantitative estimate of drug-likeness (QED) is 0.204. The molecule has 1 unspecified atom stereocenters. The fourth-order valence-corrected chi connectivity index (χ4v) is 6.17. The summed E-state index contributed by atoms with van der Waals surface area (Å²) in [6.45, 7) is 2.38. The molecule has 0 radical (unpaired) electrons. The van der Waals surface area contributed by atoms with E-state index in [0.29, 0.717) is 6.61 Å². The van der Waals surface area contributed by atoms with Gasteiger partial charge in [0.1, 0.15) is 23.4 Å². The molecule has 1 aliphatic heterocycles. The van der Waals surface area contributed by atoms with E-state index in [1.807, 2.05) is 91.0 Å². The van der Waals surface area contributed by atoms with Crippen LogP contribution in [0.4, 0.5) is 5.82 Å². The number of nitrogens with zero attached hydrogens (tertiary/aromatic N) is 3. The molecule has 0 bridgehead atoms. The zero-order valence-corrected chi connectivity index (χ0v) is 26.3. The predicted molar refractivity (Wildman–Crippen MR) is 170 cm³/mol. The van der Waals surface area contributed by atoms with Crippen LogP contribution >= 0.6 is 0 Å². The highest BCUT2D eigenvalue weighted by molar-refractivity contribution is 7.90. The van der Waals surface area contributed by atoms with E-state index in [2.05, 4.69) is 10.1 Å². The monoisotopic (exact) mass is 644 g/mol. The zero-order valence-electron chi connectivity index (χ0n) is 25.5. The first-order valence-corrected chi connectivity index (χ1v) is 16.7. The highest BCUT2D eigenvalue weighted by Gasteiger charge is 2.67. The standard InChI is InChI=1S/C34H36N4O7S/c1-33(44-22-26-16-10-5-11-17-26)30(43-21-25-14-8-4-9-15-25)28(23-42-20-24-12-6-3-7-13-24)45-34(33,39)29-19-18-27-31(35)36-32(37-38(27)29)46(2,40)41/h3-19,28,30,39H,20-23H2,1-2H3,(H2,35,36,37)/t28-,30-,33-,34?/m1/s1. The molecule has 2 aromatic heterocycles. The van der Waals surface area contributed by atoms with Crippen molar-refractivity contribution < 1.29 is 32.5 Å². The van der Waals surface area contributed by atoms with Gasteiger partial charge < -0.3 is 29.8 Å². The van der Waals surface area contributed by atoms with E-state index in [1.165, 1.54) is 4.52 Å². The third kappa shape index (κ3) is 6.27. The number of fused-ring (bicyclic) bond motifs is 1. The molecule has 3 aromatic carbocycles. The molecule has 4 atom stereocenters. The molecule has 1 fully saturated rings. The molecular formula is C34H36N4O7S. The van der Waals surface area contributed by atoms with Crippen LogP contribution in [-0.2, 0) is 54.4 Å². The maximum absolute atomic E-state index is 12.7. The summed E-state index contributed by atoms with van der Waals surface area (Å²) in [5.74, 6) is -2.29. The predicted octanol–water partition coefficient (Wildman–Crippen LogP) is 4.04. The van der Waals surface area contributed by atoms with Gasteiger partial charge in [0.25, 0.3) is 5.16 Å². The lowest BCUT2D eigenvalue weighted by atomic mass is 9.87. The van der Waals surface area contributed by atoms with Crippen molar-refractivity contribution in [2.45, 2.75) is 55.5 Å². The molecule has 3 heterocycles. The number of aromatic nitrogens is 3. The average molecular weight is 645 g/mol. The number of nitrogens with two attached hydrogens (primary N) is 1. The molecule has 0 spiro atoms. The Labute approximate surface area is 267 Å². The van der Waals surface area contributed by atoms with Crippen LogP contribution in [0, 0.1) is 0 Å². The Hall–Kier alpha value is -4.17. The largest absolute Gasteiger partial charge is 0.382 e. The van der Waals surface area contributed by atoms with Crippen LogP contribution in [0.15, 0.2) is 108 Å². The lowest BCUT2D eigenvalue weighted by molar-refractivity contribution is -0.294. The van der Waals surface area contributed by atoms with Gasteiger partial charge >= 0.3 is 0 Å². The Balaban J connectivity index is 1.43. The summed E-state index contributed by atoms with van der Waals surface area (Å²) in [4.78, 5) is 3.97. The van der Waals surface area contributed by atoms with Crippen molar-refractivity contribution in [2.24, 2.45) is 0 Å². The zero-order chi connectivity index (χ0) is 32.4. The van der Waals surface area contributed by atoms with Crippen LogP contribution in [0.5, 0.6) is 0 Å². The van der Waals surface area contributed by atoms with Crippen LogP contribution in [0.25, 0.3) is 5.52 Å². The first kappa shape index (κ1) is 31.8. The van der Waals surface area contributed by atoms with Gasteiger partial charge in [-0.15, -0.1) is 5.10 Å². The van der Waals surface area contributed by atoms with E-state index in [0.717, 1.165) is 22.9 Å². The van der Waals surface area contributed by atoms with Gasteiger partial charge in [0.15, 0.2) is 11.4 Å². The Morgan fingerprint density at radius 1 is 0.870 bits per heavy atom. The smallest absolute Gasteiger partial charge is 0.267 e. The van der Waals surface area contributed by atoms with Crippen molar-refractivity contribution in [3.8, 4) is 0 Å². The van der Waals surface area contributed by atoms with Gasteiger partial charge in [-0.2, -0.15) is 4.98 Å². The summed E-state index contributed by atoms with van der Waals surface area (Å²) < 4.78 is 52.0. The number of anilines is 1. The van der Waals surface area contributed by atoms with Gasteiger partial charge in [-0.3, -0.25) is 0 Å². The van der Waals surface area contributed by atoms with E-state index in [4.69, 9.17) is 24.7 Å². The molecule has 11 nitrogen and oxygen atoms in total. The normalized spacial score (nSPS) is 23.2. The summed E-state index contributed by atoms with van der Waals surface area (Å²) in [7, 11) is -3.85. The molecule has 46 heavy (non-hydrogen) atoms. The van der Waals surface area contributed by atoms with Crippen molar-refractivity contribution in [2.75, 3.05) is 18.6 Å². The number of ether oxygens (including phenoxy) is 4. The molecular weight excluding hydrogens is 608 g/mol. The number of aliphatic hydroxyl groups is 1. The lowest BCUT2D eigenvalue weighted by Crippen LogP contribution is -2.55. The molecule has 12 heteroatoms. The van der Waals surface area contributed by atoms with Crippen molar-refractivity contribution in [3.63, 3.8) is 0 Å². The lowest BCUT2D eigenvalue weighted by Gasteiger charge is -2.40. The van der Waals surface area contributed by atoms with E-state index < -0.39 is 38.6 Å². The first-order chi connectivity index (χ1) is 22.1. The highest BCUT2D eigenvalue weighted by Crippen LogP contribution is 2.50. The average Bonchev–Trinajstić information content (AvgIpc) is 3.58. The second kappa shape index (κ2) is 12.9. The van der Waals surface area contributed by atoms with Crippen LogP contribution in [0.2, 0.25) is 0 Å². The van der Waals surface area contributed by atoms with Crippen molar-refractivity contribution in [3.05, 3.63) is 126 Å². The molecule has 240 valence electrons. The maximum atomic E-state index is 12.7. The van der Waals surface area contributed by atoms with E-state index in [9.17, 15) is 13.5 Å². The molecule has 0 saturated carbocycles. The van der Waals surface area contributed by atoms with Crippen molar-refractivity contribution in [1.29, 1.82) is 0 Å². The number of rotatable bonds is 12. The van der Waals surface area contributed by atoms with Crippen LogP contribution in [-0.4, -0.2) is 58.8 Å². The summed E-state index contributed by atoms with van der Waals surface area (Å²) in [5.41, 5.74) is 7.72. The Bertz CT molecular complexity index is 1890. The fourth-order valence-electron chi connectivity index (χ4n) is 5.67. The van der Waals surface area contributed by atoms with Gasteiger partial charge in [0.05, 0.1) is 26.4 Å². The molecule has 0 amide bonds. The van der Waals surface area contributed by atoms with Crippen LogP contribution in [0.3, 0.4) is 0 Å².